The third kappa shape index (κ3) is 1.40. The smallest absolute Gasteiger partial charge is 0.0616 e. The van der Waals surface area contributed by atoms with E-state index in [9.17, 15) is 0 Å². The van der Waals surface area contributed by atoms with Gasteiger partial charge in [0.05, 0.1) is 11.0 Å². The number of benzene rings is 3. The highest BCUT2D eigenvalue weighted by atomic mass is 79.9. The van der Waals surface area contributed by atoms with Gasteiger partial charge in [-0.2, -0.15) is 0 Å². The first kappa shape index (κ1) is 4.79. The Labute approximate surface area is 122 Å². The summed E-state index contributed by atoms with van der Waals surface area (Å²) >= 11 is 6.57. The average molecular weight is 344 g/mol. The molecule has 0 saturated carbocycles. The molecule has 0 radical (unpaired) electrons. The molecule has 0 atom stereocenters. The second-order valence-electron chi connectivity index (χ2n) is 3.13. The lowest BCUT2D eigenvalue weighted by atomic mass is 10.0. The molecule has 0 amide bonds. The van der Waals surface area contributed by atoms with E-state index >= 15 is 0 Å². The minimum atomic E-state index is -0.403. The molecule has 0 aliphatic rings. The normalized spacial score (nSPS) is 18.1. The van der Waals surface area contributed by atoms with Gasteiger partial charge in [-0.3, -0.25) is 0 Å². The second-order valence-corrected chi connectivity index (χ2v) is 4.71. The summed E-state index contributed by atoms with van der Waals surface area (Å²) in [6, 6.07) is -2.69. The Morgan fingerprint density at radius 1 is 0.625 bits per heavy atom. The third-order valence-electron chi connectivity index (χ3n) is 2.25. The number of hydrogen-bond donors (Lipinski definition) is 0. The van der Waals surface area contributed by atoms with Gasteiger partial charge in [-0.05, 0) is 53.4 Å². The lowest BCUT2D eigenvalue weighted by Gasteiger charge is -2.09. The fraction of sp³-hybridized carbons (Fsp3) is 0. The molecular formula is C14H8Br2. The van der Waals surface area contributed by atoms with Crippen molar-refractivity contribution >= 4 is 53.4 Å². The van der Waals surface area contributed by atoms with Gasteiger partial charge >= 0.3 is 0 Å². The van der Waals surface area contributed by atoms with Crippen LogP contribution in [0.15, 0.2) is 57.3 Å². The fourth-order valence-electron chi connectivity index (χ4n) is 1.53. The molecule has 2 heteroatoms. The van der Waals surface area contributed by atoms with Gasteiger partial charge in [-0.15, -0.1) is 0 Å². The van der Waals surface area contributed by atoms with Crippen LogP contribution >= 0.6 is 31.9 Å². The first-order valence-electron chi connectivity index (χ1n) is 8.38. The van der Waals surface area contributed by atoms with Crippen LogP contribution in [0, 0.1) is 0 Å². The van der Waals surface area contributed by atoms with Gasteiger partial charge in [0.25, 0.3) is 0 Å². The Bertz CT molecular complexity index is 896. The summed E-state index contributed by atoms with van der Waals surface area (Å²) in [6.45, 7) is 0. The Morgan fingerprint density at radius 3 is 1.12 bits per heavy atom. The molecule has 0 aliphatic heterocycles. The summed E-state index contributed by atoms with van der Waals surface area (Å²) in [7, 11) is 0. The van der Waals surface area contributed by atoms with Crippen LogP contribution in [-0.4, -0.2) is 0 Å². The van der Waals surface area contributed by atoms with E-state index in [0.29, 0.717) is 0 Å². The summed E-state index contributed by atoms with van der Waals surface area (Å²) in [5.74, 6) is 0. The number of hydrogen-bond acceptors (Lipinski definition) is 0. The van der Waals surface area contributed by atoms with Crippen molar-refractivity contribution in [3.05, 3.63) is 57.3 Å². The maximum Gasteiger partial charge on any atom is 0.0630 e. The van der Waals surface area contributed by atoms with Crippen LogP contribution in [0.5, 0.6) is 0 Å². The van der Waals surface area contributed by atoms with Gasteiger partial charge in [-0.1, -0.05) is 48.3 Å². The minimum Gasteiger partial charge on any atom is -0.0616 e. The summed E-state index contributed by atoms with van der Waals surface area (Å²) in [5.41, 5.74) is 0. The average Bonchev–Trinajstić information content (AvgIpc) is 2.55. The zero-order valence-corrected chi connectivity index (χ0v) is 10.9. The van der Waals surface area contributed by atoms with Crippen molar-refractivity contribution in [2.75, 3.05) is 0 Å². The number of halogens is 2. The first-order chi connectivity index (χ1) is 11.1. The fourth-order valence-corrected chi connectivity index (χ4v) is 2.72. The van der Waals surface area contributed by atoms with Gasteiger partial charge in [-0.25, -0.2) is 0 Å². The van der Waals surface area contributed by atoms with Crippen molar-refractivity contribution in [3.63, 3.8) is 0 Å². The summed E-state index contributed by atoms with van der Waals surface area (Å²) < 4.78 is 64.3. The molecule has 3 aromatic rings. The molecule has 0 fully saturated rings. The highest BCUT2D eigenvalue weighted by Gasteiger charge is 2.08. The predicted molar refractivity (Wildman–Crippen MR) is 76.9 cm³/mol. The molecular weight excluding hydrogens is 328 g/mol. The first-order valence-corrected chi connectivity index (χ1v) is 5.96. The van der Waals surface area contributed by atoms with Gasteiger partial charge in [0.1, 0.15) is 0 Å². The minimum absolute atomic E-state index is 0.172. The molecule has 0 bridgehead atoms. The van der Waals surface area contributed by atoms with E-state index in [1.807, 2.05) is 0 Å². The van der Waals surface area contributed by atoms with Crippen molar-refractivity contribution in [3.8, 4) is 0 Å². The van der Waals surface area contributed by atoms with E-state index in [0.717, 1.165) is 0 Å². The Balaban J connectivity index is 2.82. The van der Waals surface area contributed by atoms with Crippen molar-refractivity contribution in [1.82, 2.24) is 0 Å². The molecule has 0 heterocycles. The summed E-state index contributed by atoms with van der Waals surface area (Å²) in [4.78, 5) is 0. The van der Waals surface area contributed by atoms with Crippen LogP contribution < -0.4 is 0 Å². The van der Waals surface area contributed by atoms with E-state index in [1.165, 1.54) is 0 Å². The van der Waals surface area contributed by atoms with Crippen molar-refractivity contribution < 1.29 is 11.0 Å². The molecule has 0 N–H and O–H groups in total. The van der Waals surface area contributed by atoms with Crippen LogP contribution in [0.25, 0.3) is 21.5 Å². The molecule has 0 aliphatic carbocycles. The SMILES string of the molecule is [2H]c1c([2H])c([2H])c2c(Br)c3c([2H])c([2H])c([2H])c([2H])c3c(Br)c2c1[2H]. The maximum absolute atomic E-state index is 8.12. The van der Waals surface area contributed by atoms with Gasteiger partial charge in [0.2, 0.25) is 0 Å². The van der Waals surface area contributed by atoms with Gasteiger partial charge in [0.15, 0.2) is 0 Å². The van der Waals surface area contributed by atoms with E-state index in [2.05, 4.69) is 31.9 Å². The largest absolute Gasteiger partial charge is 0.0630 e. The lowest BCUT2D eigenvalue weighted by Crippen LogP contribution is -1.81. The highest BCUT2D eigenvalue weighted by Crippen LogP contribution is 2.38. The monoisotopic (exact) mass is 342 g/mol. The Morgan fingerprint density at radius 2 is 0.875 bits per heavy atom. The van der Waals surface area contributed by atoms with Crippen LogP contribution in [0.1, 0.15) is 11.0 Å². The van der Waals surface area contributed by atoms with E-state index in [4.69, 9.17) is 11.0 Å². The van der Waals surface area contributed by atoms with Crippen molar-refractivity contribution in [2.45, 2.75) is 0 Å². The Kier molecular flexibility index (Phi) is 1.16. The molecule has 0 nitrogen and oxygen atoms in total. The quantitative estimate of drug-likeness (QED) is 0.471. The Hall–Kier alpha value is -0.860. The van der Waals surface area contributed by atoms with Crippen LogP contribution in [0.3, 0.4) is 0 Å². The van der Waals surface area contributed by atoms with Crippen molar-refractivity contribution in [2.24, 2.45) is 0 Å². The van der Waals surface area contributed by atoms with E-state index < -0.39 is 24.2 Å². The third-order valence-corrected chi connectivity index (χ3v) is 3.84. The van der Waals surface area contributed by atoms with Crippen LogP contribution in [0.4, 0.5) is 0 Å². The molecule has 0 spiro atoms. The zero-order chi connectivity index (χ0) is 18.1. The number of fused-ring (bicyclic) bond motifs is 2. The van der Waals surface area contributed by atoms with Gasteiger partial charge in [0, 0.05) is 8.95 Å². The highest BCUT2D eigenvalue weighted by molar-refractivity contribution is 9.11. The molecule has 78 valence electrons. The molecule has 3 aromatic carbocycles. The predicted octanol–water partition coefficient (Wildman–Crippen LogP) is 5.52. The summed E-state index contributed by atoms with van der Waals surface area (Å²) in [5, 5.41) is 0.687. The van der Waals surface area contributed by atoms with E-state index in [-0.39, 0.29) is 54.7 Å². The molecule has 3 rings (SSSR count). The van der Waals surface area contributed by atoms with Crippen molar-refractivity contribution in [1.29, 1.82) is 0 Å². The topological polar surface area (TPSA) is 0 Å². The van der Waals surface area contributed by atoms with Crippen LogP contribution in [-0.2, 0) is 0 Å². The maximum atomic E-state index is 8.12. The molecule has 16 heavy (non-hydrogen) atoms. The summed E-state index contributed by atoms with van der Waals surface area (Å²) in [6.07, 6.45) is 0. The second kappa shape index (κ2) is 3.86. The van der Waals surface area contributed by atoms with Crippen LogP contribution in [0.2, 0.25) is 0 Å². The molecule has 0 aromatic heterocycles. The molecule has 0 unspecified atom stereocenters. The van der Waals surface area contributed by atoms with E-state index in [1.54, 1.807) is 0 Å². The standard InChI is InChI=1S/C14H8Br2/c15-13-9-5-1-2-6-10(9)14(16)12-8-4-3-7-11(12)13/h1-8H/i1D,2D,3D,4D,5D,6D,7D,8D. The van der Waals surface area contributed by atoms with Gasteiger partial charge < -0.3 is 0 Å². The zero-order valence-electron chi connectivity index (χ0n) is 15.8. The number of rotatable bonds is 0. The molecule has 0 saturated heterocycles. The lowest BCUT2D eigenvalue weighted by molar-refractivity contribution is 1.72.